The fourth-order valence-electron chi connectivity index (χ4n) is 3.75. The third-order valence-electron chi connectivity index (χ3n) is 5.61. The SMILES string of the molecule is Cn1c(=O)c2[nH]c(CCCCCc3nc4c([nH]3)c(=O)n(C)c(=O)n4C)nc2n(C)c1=O. The number of nitrogens with one attached hydrogen (secondary N) is 2. The van der Waals surface area contributed by atoms with Crippen molar-refractivity contribution in [1.29, 1.82) is 0 Å². The van der Waals surface area contributed by atoms with E-state index in [-0.39, 0.29) is 11.1 Å². The van der Waals surface area contributed by atoms with Crippen molar-refractivity contribution >= 4 is 22.3 Å². The van der Waals surface area contributed by atoms with Gasteiger partial charge in [0, 0.05) is 41.0 Å². The highest BCUT2D eigenvalue weighted by atomic mass is 16.2. The molecular formula is C19H24N8O4. The van der Waals surface area contributed by atoms with Gasteiger partial charge in [0.1, 0.15) is 22.7 Å². The summed E-state index contributed by atoms with van der Waals surface area (Å²) in [5, 5.41) is 0. The van der Waals surface area contributed by atoms with Crippen molar-refractivity contribution < 1.29 is 0 Å². The molecule has 4 rings (SSSR count). The molecule has 0 fully saturated rings. The van der Waals surface area contributed by atoms with Crippen LogP contribution in [0, 0.1) is 0 Å². The number of aryl methyl sites for hydroxylation is 4. The fraction of sp³-hybridized carbons (Fsp3) is 0.474. The molecule has 0 saturated carbocycles. The molecule has 0 aliphatic rings. The average Bonchev–Trinajstić information content (AvgIpc) is 3.38. The van der Waals surface area contributed by atoms with E-state index in [1.165, 1.54) is 23.2 Å². The van der Waals surface area contributed by atoms with Gasteiger partial charge in [-0.15, -0.1) is 0 Å². The van der Waals surface area contributed by atoms with E-state index in [1.54, 1.807) is 14.1 Å². The summed E-state index contributed by atoms with van der Waals surface area (Å²) < 4.78 is 4.83. The zero-order chi connectivity index (χ0) is 22.4. The van der Waals surface area contributed by atoms with Crippen LogP contribution < -0.4 is 22.5 Å². The van der Waals surface area contributed by atoms with E-state index in [0.717, 1.165) is 28.4 Å². The summed E-state index contributed by atoms with van der Waals surface area (Å²) in [7, 11) is 6.06. The van der Waals surface area contributed by atoms with Crippen molar-refractivity contribution in [3.05, 3.63) is 53.3 Å². The first kappa shape index (κ1) is 20.6. The fourth-order valence-corrected chi connectivity index (χ4v) is 3.75. The normalized spacial score (nSPS) is 11.7. The summed E-state index contributed by atoms with van der Waals surface area (Å²) in [5.41, 5.74) is -0.217. The molecule has 2 N–H and O–H groups in total. The molecule has 0 unspecified atom stereocenters. The van der Waals surface area contributed by atoms with Gasteiger partial charge in [0.15, 0.2) is 11.3 Å². The van der Waals surface area contributed by atoms with Crippen LogP contribution in [0.15, 0.2) is 19.2 Å². The minimum atomic E-state index is -0.409. The zero-order valence-corrected chi connectivity index (χ0v) is 17.9. The molecule has 0 radical (unpaired) electrons. The van der Waals surface area contributed by atoms with E-state index in [4.69, 9.17) is 0 Å². The van der Waals surface area contributed by atoms with Crippen molar-refractivity contribution in [2.75, 3.05) is 0 Å². The number of rotatable bonds is 6. The van der Waals surface area contributed by atoms with Crippen molar-refractivity contribution in [2.24, 2.45) is 28.2 Å². The number of H-pyrrole nitrogens is 2. The van der Waals surface area contributed by atoms with Gasteiger partial charge in [0.2, 0.25) is 0 Å². The summed E-state index contributed by atoms with van der Waals surface area (Å²) >= 11 is 0. The second kappa shape index (κ2) is 7.52. The molecule has 0 aliphatic heterocycles. The van der Waals surface area contributed by atoms with Crippen molar-refractivity contribution in [3.63, 3.8) is 0 Å². The van der Waals surface area contributed by atoms with Gasteiger partial charge >= 0.3 is 11.4 Å². The average molecular weight is 428 g/mol. The van der Waals surface area contributed by atoms with Gasteiger partial charge < -0.3 is 9.97 Å². The molecule has 12 nitrogen and oxygen atoms in total. The van der Waals surface area contributed by atoms with Crippen LogP contribution in [0.2, 0.25) is 0 Å². The molecule has 0 atom stereocenters. The minimum absolute atomic E-state index is 0.328. The Hall–Kier alpha value is -3.70. The number of aromatic amines is 2. The maximum atomic E-state index is 12.2. The number of aromatic nitrogens is 8. The van der Waals surface area contributed by atoms with Crippen LogP contribution in [-0.4, -0.2) is 38.2 Å². The summed E-state index contributed by atoms with van der Waals surface area (Å²) in [5.74, 6) is 1.33. The second-order valence-electron chi connectivity index (χ2n) is 7.74. The van der Waals surface area contributed by atoms with Crippen LogP contribution in [0.1, 0.15) is 30.9 Å². The molecule has 4 aromatic rings. The Morgan fingerprint density at radius 2 is 1.00 bits per heavy atom. The Bertz CT molecular complexity index is 1430. The van der Waals surface area contributed by atoms with Gasteiger partial charge in [-0.1, -0.05) is 6.42 Å². The van der Waals surface area contributed by atoms with E-state index in [1.807, 2.05) is 0 Å². The molecule has 0 saturated heterocycles. The van der Waals surface area contributed by atoms with Crippen LogP contribution in [0.4, 0.5) is 0 Å². The summed E-state index contributed by atoms with van der Waals surface area (Å²) in [6.07, 6.45) is 3.81. The second-order valence-corrected chi connectivity index (χ2v) is 7.74. The van der Waals surface area contributed by atoms with Crippen LogP contribution in [0.3, 0.4) is 0 Å². The molecule has 164 valence electrons. The van der Waals surface area contributed by atoms with Gasteiger partial charge in [-0.25, -0.2) is 19.6 Å². The predicted molar refractivity (Wildman–Crippen MR) is 114 cm³/mol. The number of fused-ring (bicyclic) bond motifs is 2. The van der Waals surface area contributed by atoms with E-state index in [0.29, 0.717) is 46.8 Å². The Balaban J connectivity index is 1.41. The Morgan fingerprint density at radius 3 is 1.39 bits per heavy atom. The van der Waals surface area contributed by atoms with E-state index >= 15 is 0 Å². The molecule has 0 amide bonds. The lowest BCUT2D eigenvalue weighted by atomic mass is 10.1. The largest absolute Gasteiger partial charge is 0.336 e. The van der Waals surface area contributed by atoms with Crippen LogP contribution in [-0.2, 0) is 41.0 Å². The molecule has 0 bridgehead atoms. The van der Waals surface area contributed by atoms with Gasteiger partial charge in [-0.05, 0) is 12.8 Å². The van der Waals surface area contributed by atoms with Gasteiger partial charge in [-0.2, -0.15) is 0 Å². The first-order chi connectivity index (χ1) is 14.7. The Morgan fingerprint density at radius 1 is 0.613 bits per heavy atom. The van der Waals surface area contributed by atoms with Crippen LogP contribution in [0.5, 0.6) is 0 Å². The number of imidazole rings is 2. The topological polar surface area (TPSA) is 145 Å². The van der Waals surface area contributed by atoms with Gasteiger partial charge in [-0.3, -0.25) is 27.9 Å². The lowest BCUT2D eigenvalue weighted by Crippen LogP contribution is -2.36. The highest BCUT2D eigenvalue weighted by Crippen LogP contribution is 2.11. The summed E-state index contributed by atoms with van der Waals surface area (Å²) in [6.45, 7) is 0. The number of hydrogen-bond donors (Lipinski definition) is 2. The molecular weight excluding hydrogens is 404 g/mol. The quantitative estimate of drug-likeness (QED) is 0.384. The molecule has 0 spiro atoms. The molecule has 0 aromatic carbocycles. The monoisotopic (exact) mass is 428 g/mol. The zero-order valence-electron chi connectivity index (χ0n) is 17.9. The maximum absolute atomic E-state index is 12.2. The molecule has 4 heterocycles. The summed E-state index contributed by atoms with van der Waals surface area (Å²) in [4.78, 5) is 63.4. The third-order valence-corrected chi connectivity index (χ3v) is 5.61. The number of nitrogens with zero attached hydrogens (tertiary/aromatic N) is 6. The molecule has 12 heteroatoms. The van der Waals surface area contributed by atoms with E-state index < -0.39 is 11.4 Å². The highest BCUT2D eigenvalue weighted by Gasteiger charge is 2.14. The van der Waals surface area contributed by atoms with Crippen molar-refractivity contribution in [1.82, 2.24) is 38.2 Å². The van der Waals surface area contributed by atoms with Crippen LogP contribution in [0.25, 0.3) is 22.3 Å². The third kappa shape index (κ3) is 3.33. The minimum Gasteiger partial charge on any atom is -0.336 e. The standard InChI is InChI=1S/C19H24N8O4/c1-24-14-12(16(28)26(3)18(24)30)20-10(22-14)8-6-5-7-9-11-21-13-15(23-11)25(2)19(31)27(4)17(13)29/h5-9H2,1-4H3,(H,20,22)(H,21,23). The van der Waals surface area contributed by atoms with Crippen LogP contribution >= 0.6 is 0 Å². The summed E-state index contributed by atoms with van der Waals surface area (Å²) in [6, 6.07) is 0. The lowest BCUT2D eigenvalue weighted by molar-refractivity contribution is 0.655. The van der Waals surface area contributed by atoms with Gasteiger partial charge in [0.05, 0.1) is 0 Å². The van der Waals surface area contributed by atoms with Crippen molar-refractivity contribution in [3.8, 4) is 0 Å². The predicted octanol–water partition coefficient (Wildman–Crippen LogP) is -0.810. The molecule has 31 heavy (non-hydrogen) atoms. The smallest absolute Gasteiger partial charge is 0.332 e. The van der Waals surface area contributed by atoms with E-state index in [2.05, 4.69) is 19.9 Å². The van der Waals surface area contributed by atoms with E-state index in [9.17, 15) is 19.2 Å². The molecule has 4 aromatic heterocycles. The Labute approximate surface area is 174 Å². The molecule has 0 aliphatic carbocycles. The van der Waals surface area contributed by atoms with Crippen molar-refractivity contribution in [2.45, 2.75) is 32.1 Å². The van der Waals surface area contributed by atoms with Gasteiger partial charge in [0.25, 0.3) is 11.1 Å². The first-order valence-electron chi connectivity index (χ1n) is 10.00. The highest BCUT2D eigenvalue weighted by molar-refractivity contribution is 5.70. The first-order valence-corrected chi connectivity index (χ1v) is 10.00. The number of unbranched alkanes of at least 4 members (excludes halogenated alkanes) is 2. The lowest BCUT2D eigenvalue weighted by Gasteiger charge is -2.00. The Kier molecular flexibility index (Phi) is 4.99. The number of hydrogen-bond acceptors (Lipinski definition) is 6. The maximum Gasteiger partial charge on any atom is 0.332 e.